The van der Waals surface area contributed by atoms with Gasteiger partial charge in [0, 0.05) is 21.8 Å². The molecule has 23 heavy (non-hydrogen) atoms. The van der Waals surface area contributed by atoms with Crippen molar-refractivity contribution < 1.29 is 4.90 Å². The van der Waals surface area contributed by atoms with E-state index < -0.39 is 0 Å². The van der Waals surface area contributed by atoms with Crippen LogP contribution in [0.3, 0.4) is 0 Å². The van der Waals surface area contributed by atoms with Crippen molar-refractivity contribution in [3.63, 3.8) is 0 Å². The Kier molecular flexibility index (Phi) is 3.99. The van der Waals surface area contributed by atoms with E-state index in [4.69, 9.17) is 5.26 Å². The number of quaternary nitrogens is 1. The number of nitriles is 1. The van der Waals surface area contributed by atoms with Gasteiger partial charge in [0.25, 0.3) is 0 Å². The summed E-state index contributed by atoms with van der Waals surface area (Å²) >= 11 is 1.90. The molecule has 0 amide bonds. The van der Waals surface area contributed by atoms with Gasteiger partial charge in [0.15, 0.2) is 6.19 Å². The maximum atomic E-state index is 9.08. The van der Waals surface area contributed by atoms with Crippen LogP contribution in [0.2, 0.25) is 0 Å². The Labute approximate surface area is 141 Å². The first-order chi connectivity index (χ1) is 11.3. The fourth-order valence-electron chi connectivity index (χ4n) is 3.69. The maximum absolute atomic E-state index is 9.08. The zero-order valence-corrected chi connectivity index (χ0v) is 13.9. The predicted molar refractivity (Wildman–Crippen MR) is 91.3 cm³/mol. The standard InChI is InChI=1S/C19H19N3S/c20-14-21-9-11-22(12-10-21)17-13-15-5-1-3-7-18(15)23-19-8-4-2-6-16(17)19/h1-8,17H,9-13H2/p+1/t17-/m0/s1. The van der Waals surface area contributed by atoms with Crippen molar-refractivity contribution in [1.29, 1.82) is 5.26 Å². The van der Waals surface area contributed by atoms with Crippen LogP contribution in [0, 0.1) is 11.5 Å². The van der Waals surface area contributed by atoms with Crippen LogP contribution in [0.25, 0.3) is 0 Å². The number of piperazine rings is 1. The summed E-state index contributed by atoms with van der Waals surface area (Å²) in [5, 5.41) is 9.08. The van der Waals surface area contributed by atoms with Crippen molar-refractivity contribution >= 4 is 11.8 Å². The molecule has 1 fully saturated rings. The molecule has 0 aliphatic carbocycles. The lowest BCUT2D eigenvalue weighted by Crippen LogP contribution is -3.15. The molecular weight excluding hydrogens is 302 g/mol. The van der Waals surface area contributed by atoms with E-state index in [1.165, 1.54) is 20.9 Å². The second-order valence-corrected chi connectivity index (χ2v) is 7.33. The van der Waals surface area contributed by atoms with E-state index >= 15 is 0 Å². The second-order valence-electron chi connectivity index (χ2n) is 6.25. The van der Waals surface area contributed by atoms with E-state index in [-0.39, 0.29) is 0 Å². The highest BCUT2D eigenvalue weighted by molar-refractivity contribution is 7.99. The topological polar surface area (TPSA) is 31.5 Å². The Morgan fingerprint density at radius 1 is 1.00 bits per heavy atom. The molecule has 0 bridgehead atoms. The monoisotopic (exact) mass is 322 g/mol. The van der Waals surface area contributed by atoms with Crippen LogP contribution in [-0.4, -0.2) is 31.1 Å². The van der Waals surface area contributed by atoms with Crippen molar-refractivity contribution in [3.05, 3.63) is 59.7 Å². The van der Waals surface area contributed by atoms with Crippen molar-refractivity contribution in [3.8, 4) is 6.19 Å². The summed E-state index contributed by atoms with van der Waals surface area (Å²) in [7, 11) is 0. The van der Waals surface area contributed by atoms with Crippen LogP contribution in [0.5, 0.6) is 0 Å². The molecule has 0 radical (unpaired) electrons. The SMILES string of the molecule is N#CN1CC[NH+]([C@H]2Cc3ccccc3Sc3ccccc32)CC1. The summed E-state index contributed by atoms with van der Waals surface area (Å²) in [6.45, 7) is 3.83. The minimum atomic E-state index is 0.489. The summed E-state index contributed by atoms with van der Waals surface area (Å²) in [5.41, 5.74) is 2.92. The Morgan fingerprint density at radius 3 is 2.48 bits per heavy atom. The Morgan fingerprint density at radius 2 is 1.70 bits per heavy atom. The number of fused-ring (bicyclic) bond motifs is 2. The lowest BCUT2D eigenvalue weighted by Gasteiger charge is -2.34. The molecule has 2 aliphatic rings. The van der Waals surface area contributed by atoms with E-state index in [2.05, 4.69) is 54.7 Å². The average molecular weight is 322 g/mol. The smallest absolute Gasteiger partial charge is 0.179 e. The fraction of sp³-hybridized carbons (Fsp3) is 0.316. The van der Waals surface area contributed by atoms with Gasteiger partial charge in [-0.1, -0.05) is 48.2 Å². The van der Waals surface area contributed by atoms with Crippen LogP contribution in [0.1, 0.15) is 17.2 Å². The zero-order valence-electron chi connectivity index (χ0n) is 13.0. The van der Waals surface area contributed by atoms with Crippen LogP contribution >= 0.6 is 11.8 Å². The van der Waals surface area contributed by atoms with Crippen molar-refractivity contribution in [2.75, 3.05) is 26.2 Å². The van der Waals surface area contributed by atoms with E-state index in [1.54, 1.807) is 4.90 Å². The summed E-state index contributed by atoms with van der Waals surface area (Å²) in [4.78, 5) is 6.27. The molecule has 4 rings (SSSR count). The lowest BCUT2D eigenvalue weighted by molar-refractivity contribution is -0.935. The molecule has 0 aromatic heterocycles. The maximum Gasteiger partial charge on any atom is 0.179 e. The third-order valence-electron chi connectivity index (χ3n) is 4.95. The number of hydrogen-bond donors (Lipinski definition) is 1. The molecule has 0 saturated carbocycles. The molecule has 116 valence electrons. The molecule has 0 unspecified atom stereocenters. The van der Waals surface area contributed by atoms with Gasteiger partial charge in [-0.3, -0.25) is 4.90 Å². The molecule has 1 N–H and O–H groups in total. The highest BCUT2D eigenvalue weighted by Gasteiger charge is 2.32. The van der Waals surface area contributed by atoms with E-state index in [0.717, 1.165) is 32.6 Å². The summed E-state index contributed by atoms with van der Waals surface area (Å²) in [6.07, 6.45) is 3.38. The quantitative estimate of drug-likeness (QED) is 0.816. The van der Waals surface area contributed by atoms with Gasteiger partial charge in [0.05, 0.1) is 26.2 Å². The Balaban J connectivity index is 1.70. The van der Waals surface area contributed by atoms with Gasteiger partial charge in [-0.2, -0.15) is 5.26 Å². The molecule has 3 nitrogen and oxygen atoms in total. The summed E-state index contributed by atoms with van der Waals surface area (Å²) in [6, 6.07) is 18.1. The highest BCUT2D eigenvalue weighted by Crippen LogP contribution is 2.39. The van der Waals surface area contributed by atoms with Crippen LogP contribution < -0.4 is 4.90 Å². The fourth-order valence-corrected chi connectivity index (χ4v) is 4.83. The van der Waals surface area contributed by atoms with E-state index in [0.29, 0.717) is 6.04 Å². The minimum absolute atomic E-state index is 0.489. The second kappa shape index (κ2) is 6.27. The normalized spacial score (nSPS) is 21.0. The molecule has 1 atom stereocenters. The van der Waals surface area contributed by atoms with Crippen molar-refractivity contribution in [2.45, 2.75) is 22.3 Å². The van der Waals surface area contributed by atoms with Gasteiger partial charge in [-0.05, 0) is 17.7 Å². The highest BCUT2D eigenvalue weighted by atomic mass is 32.2. The molecule has 2 aromatic carbocycles. The van der Waals surface area contributed by atoms with Crippen LogP contribution in [0.4, 0.5) is 0 Å². The van der Waals surface area contributed by atoms with Crippen LogP contribution in [-0.2, 0) is 6.42 Å². The molecule has 1 saturated heterocycles. The number of nitrogens with zero attached hydrogens (tertiary/aromatic N) is 2. The van der Waals surface area contributed by atoms with Gasteiger partial charge in [-0.15, -0.1) is 0 Å². The molecule has 0 spiro atoms. The number of nitrogens with one attached hydrogen (secondary N) is 1. The first-order valence-electron chi connectivity index (χ1n) is 8.19. The number of rotatable bonds is 1. The molecule has 2 aromatic rings. The minimum Gasteiger partial charge on any atom is -0.325 e. The lowest BCUT2D eigenvalue weighted by atomic mass is 9.97. The molecule has 4 heteroatoms. The van der Waals surface area contributed by atoms with Crippen molar-refractivity contribution in [1.82, 2.24) is 4.90 Å². The van der Waals surface area contributed by atoms with E-state index in [1.807, 2.05) is 16.7 Å². The van der Waals surface area contributed by atoms with Crippen LogP contribution in [0.15, 0.2) is 58.3 Å². The zero-order chi connectivity index (χ0) is 15.6. The predicted octanol–water partition coefficient (Wildman–Crippen LogP) is 2.12. The molecule has 2 aliphatic heterocycles. The Bertz CT molecular complexity index is 744. The third-order valence-corrected chi connectivity index (χ3v) is 6.16. The summed E-state index contributed by atoms with van der Waals surface area (Å²) < 4.78 is 0. The largest absolute Gasteiger partial charge is 0.325 e. The summed E-state index contributed by atoms with van der Waals surface area (Å²) in [5.74, 6) is 0. The van der Waals surface area contributed by atoms with Gasteiger partial charge >= 0.3 is 0 Å². The van der Waals surface area contributed by atoms with Gasteiger partial charge in [0.2, 0.25) is 0 Å². The van der Waals surface area contributed by atoms with Crippen molar-refractivity contribution in [2.24, 2.45) is 0 Å². The number of benzene rings is 2. The van der Waals surface area contributed by atoms with Gasteiger partial charge in [-0.25, -0.2) is 0 Å². The Hall–Kier alpha value is -1.96. The number of hydrogen-bond acceptors (Lipinski definition) is 3. The van der Waals surface area contributed by atoms with Gasteiger partial charge < -0.3 is 4.90 Å². The first kappa shape index (κ1) is 14.6. The third kappa shape index (κ3) is 2.83. The average Bonchev–Trinajstić information content (AvgIpc) is 2.78. The van der Waals surface area contributed by atoms with E-state index in [9.17, 15) is 0 Å². The van der Waals surface area contributed by atoms with Gasteiger partial charge in [0.1, 0.15) is 6.04 Å². The molecule has 2 heterocycles. The first-order valence-corrected chi connectivity index (χ1v) is 9.01. The molecular formula is C19H20N3S+.